The van der Waals surface area contributed by atoms with Crippen LogP contribution in [0.4, 0.5) is 10.5 Å². The highest BCUT2D eigenvalue weighted by Gasteiger charge is 2.05. The molecule has 0 saturated heterocycles. The lowest BCUT2D eigenvalue weighted by Crippen LogP contribution is -2.32. The smallest absolute Gasteiger partial charge is 0.319 e. The van der Waals surface area contributed by atoms with Crippen molar-refractivity contribution in [1.82, 2.24) is 5.32 Å². The Morgan fingerprint density at radius 3 is 2.50 bits per heavy atom. The van der Waals surface area contributed by atoms with Gasteiger partial charge in [-0.15, -0.1) is 0 Å². The normalized spacial score (nSPS) is 10.1. The van der Waals surface area contributed by atoms with Gasteiger partial charge < -0.3 is 20.1 Å². The second-order valence-corrected chi connectivity index (χ2v) is 5.43. The highest BCUT2D eigenvalue weighted by molar-refractivity contribution is 5.89. The Morgan fingerprint density at radius 1 is 1.08 bits per heavy atom. The number of carbonyl (C=O) groups is 1. The van der Waals surface area contributed by atoms with Gasteiger partial charge >= 0.3 is 6.03 Å². The first-order valence-corrected chi connectivity index (χ1v) is 8.03. The molecule has 0 aliphatic rings. The van der Waals surface area contributed by atoms with Crippen LogP contribution in [-0.4, -0.2) is 26.3 Å². The maximum atomic E-state index is 11.8. The summed E-state index contributed by atoms with van der Waals surface area (Å²) >= 11 is 0. The number of hydrogen-bond donors (Lipinski definition) is 2. The molecule has 0 aliphatic heterocycles. The molecule has 0 atom stereocenters. The van der Waals surface area contributed by atoms with Crippen molar-refractivity contribution in [3.05, 3.63) is 53.6 Å². The zero-order valence-electron chi connectivity index (χ0n) is 14.4. The Labute approximate surface area is 143 Å². The van der Waals surface area contributed by atoms with Crippen LogP contribution >= 0.6 is 0 Å². The third-order valence-corrected chi connectivity index (χ3v) is 3.58. The number of benzene rings is 2. The van der Waals surface area contributed by atoms with Gasteiger partial charge in [-0.25, -0.2) is 4.79 Å². The Balaban J connectivity index is 1.74. The van der Waals surface area contributed by atoms with E-state index in [0.29, 0.717) is 24.7 Å². The molecule has 2 N–H and O–H groups in total. The van der Waals surface area contributed by atoms with Gasteiger partial charge in [-0.3, -0.25) is 0 Å². The average molecular weight is 328 g/mol. The van der Waals surface area contributed by atoms with Crippen LogP contribution in [0.3, 0.4) is 0 Å². The van der Waals surface area contributed by atoms with Crippen molar-refractivity contribution in [3.63, 3.8) is 0 Å². The number of ether oxygens (including phenoxy) is 2. The van der Waals surface area contributed by atoms with Gasteiger partial charge in [0.1, 0.15) is 6.61 Å². The summed E-state index contributed by atoms with van der Waals surface area (Å²) in [5, 5.41) is 5.55. The third kappa shape index (κ3) is 5.19. The molecule has 0 unspecified atom stereocenters. The van der Waals surface area contributed by atoms with E-state index in [9.17, 15) is 4.79 Å². The van der Waals surface area contributed by atoms with E-state index in [2.05, 4.69) is 17.6 Å². The topological polar surface area (TPSA) is 59.6 Å². The van der Waals surface area contributed by atoms with E-state index in [4.69, 9.17) is 9.47 Å². The van der Waals surface area contributed by atoms with Crippen LogP contribution in [0.25, 0.3) is 0 Å². The third-order valence-electron chi connectivity index (χ3n) is 3.58. The van der Waals surface area contributed by atoms with Crippen molar-refractivity contribution < 1.29 is 14.3 Å². The van der Waals surface area contributed by atoms with Gasteiger partial charge in [0, 0.05) is 5.69 Å². The minimum atomic E-state index is -0.251. The second kappa shape index (κ2) is 8.82. The Morgan fingerprint density at radius 2 is 1.83 bits per heavy atom. The fraction of sp³-hybridized carbons (Fsp3) is 0.316. The quantitative estimate of drug-likeness (QED) is 0.761. The summed E-state index contributed by atoms with van der Waals surface area (Å²) in [4.78, 5) is 11.8. The molecule has 5 nitrogen and oxygen atoms in total. The molecular weight excluding hydrogens is 304 g/mol. The second-order valence-electron chi connectivity index (χ2n) is 5.43. The largest absolute Gasteiger partial charge is 0.493 e. The number of anilines is 1. The summed E-state index contributed by atoms with van der Waals surface area (Å²) in [5.41, 5.74) is 3.11. The fourth-order valence-corrected chi connectivity index (χ4v) is 2.22. The lowest BCUT2D eigenvalue weighted by atomic mass is 10.1. The van der Waals surface area contributed by atoms with Crippen molar-refractivity contribution in [2.45, 2.75) is 20.3 Å². The summed E-state index contributed by atoms with van der Waals surface area (Å²) in [5.74, 6) is 1.36. The van der Waals surface area contributed by atoms with E-state index in [1.807, 2.05) is 49.4 Å². The number of amides is 2. The summed E-state index contributed by atoms with van der Waals surface area (Å²) in [6.07, 6.45) is 0.978. The van der Waals surface area contributed by atoms with Crippen molar-refractivity contribution in [3.8, 4) is 11.5 Å². The van der Waals surface area contributed by atoms with E-state index in [0.717, 1.165) is 17.7 Å². The summed E-state index contributed by atoms with van der Waals surface area (Å²) < 4.78 is 10.9. The predicted molar refractivity (Wildman–Crippen MR) is 96.1 cm³/mol. The summed E-state index contributed by atoms with van der Waals surface area (Å²) in [7, 11) is 1.61. The highest BCUT2D eigenvalue weighted by Crippen LogP contribution is 2.27. The van der Waals surface area contributed by atoms with Crippen molar-refractivity contribution in [2.24, 2.45) is 0 Å². The summed E-state index contributed by atoms with van der Waals surface area (Å²) in [6.45, 7) is 4.85. The standard InChI is InChI=1S/C19H24N2O3/c1-4-15-6-8-16(9-7-15)21-19(22)20-11-12-24-17-10-5-14(2)13-18(17)23-3/h5-10,13H,4,11-12H2,1-3H3,(H2,20,21,22). The van der Waals surface area contributed by atoms with Crippen LogP contribution in [0.5, 0.6) is 11.5 Å². The predicted octanol–water partition coefficient (Wildman–Crippen LogP) is 3.77. The molecule has 0 radical (unpaired) electrons. The molecule has 0 fully saturated rings. The highest BCUT2D eigenvalue weighted by atomic mass is 16.5. The fourth-order valence-electron chi connectivity index (χ4n) is 2.22. The van der Waals surface area contributed by atoms with Crippen molar-refractivity contribution in [1.29, 1.82) is 0 Å². The van der Waals surface area contributed by atoms with Gasteiger partial charge in [0.05, 0.1) is 13.7 Å². The molecule has 2 aromatic rings. The van der Waals surface area contributed by atoms with Crippen LogP contribution in [0.2, 0.25) is 0 Å². The number of carbonyl (C=O) groups excluding carboxylic acids is 1. The van der Waals surface area contributed by atoms with Gasteiger partial charge in [0.25, 0.3) is 0 Å². The van der Waals surface area contributed by atoms with Gasteiger partial charge in [0.2, 0.25) is 0 Å². The van der Waals surface area contributed by atoms with Gasteiger partial charge in [-0.2, -0.15) is 0 Å². The van der Waals surface area contributed by atoms with E-state index in [-0.39, 0.29) is 6.03 Å². The van der Waals surface area contributed by atoms with Crippen molar-refractivity contribution >= 4 is 11.7 Å². The molecule has 0 aliphatic carbocycles. The molecule has 0 heterocycles. The molecule has 2 amide bonds. The number of rotatable bonds is 7. The molecule has 0 saturated carbocycles. The van der Waals surface area contributed by atoms with Gasteiger partial charge in [0.15, 0.2) is 11.5 Å². The first-order valence-electron chi connectivity index (χ1n) is 8.03. The molecular formula is C19H24N2O3. The number of nitrogens with one attached hydrogen (secondary N) is 2. The lowest BCUT2D eigenvalue weighted by Gasteiger charge is -2.12. The molecule has 0 bridgehead atoms. The lowest BCUT2D eigenvalue weighted by molar-refractivity contribution is 0.246. The van der Waals surface area contributed by atoms with E-state index in [1.54, 1.807) is 7.11 Å². The number of aryl methyl sites for hydroxylation is 2. The summed E-state index contributed by atoms with van der Waals surface area (Å²) in [6, 6.07) is 13.3. The molecule has 0 aromatic heterocycles. The zero-order chi connectivity index (χ0) is 17.4. The minimum absolute atomic E-state index is 0.251. The Hall–Kier alpha value is -2.69. The minimum Gasteiger partial charge on any atom is -0.493 e. The van der Waals surface area contributed by atoms with E-state index in [1.165, 1.54) is 5.56 Å². The average Bonchev–Trinajstić information content (AvgIpc) is 2.60. The van der Waals surface area contributed by atoms with Crippen LogP contribution < -0.4 is 20.1 Å². The molecule has 2 rings (SSSR count). The van der Waals surface area contributed by atoms with E-state index < -0.39 is 0 Å². The molecule has 2 aromatic carbocycles. The number of methoxy groups -OCH3 is 1. The van der Waals surface area contributed by atoms with Crippen LogP contribution in [0.1, 0.15) is 18.1 Å². The van der Waals surface area contributed by atoms with Crippen LogP contribution in [-0.2, 0) is 6.42 Å². The van der Waals surface area contributed by atoms with Crippen molar-refractivity contribution in [2.75, 3.05) is 25.6 Å². The number of hydrogen-bond acceptors (Lipinski definition) is 3. The van der Waals surface area contributed by atoms with E-state index >= 15 is 0 Å². The number of urea groups is 1. The van der Waals surface area contributed by atoms with Gasteiger partial charge in [-0.1, -0.05) is 25.1 Å². The van der Waals surface area contributed by atoms with Crippen LogP contribution in [0, 0.1) is 6.92 Å². The van der Waals surface area contributed by atoms with Gasteiger partial charge in [-0.05, 0) is 48.7 Å². The zero-order valence-corrected chi connectivity index (χ0v) is 14.4. The first kappa shape index (κ1) is 17.7. The monoisotopic (exact) mass is 328 g/mol. The van der Waals surface area contributed by atoms with Crippen LogP contribution in [0.15, 0.2) is 42.5 Å². The Bertz CT molecular complexity index is 669. The SMILES string of the molecule is CCc1ccc(NC(=O)NCCOc2ccc(C)cc2OC)cc1. The molecule has 5 heteroatoms. The Kier molecular flexibility index (Phi) is 6.49. The maximum Gasteiger partial charge on any atom is 0.319 e. The maximum absolute atomic E-state index is 11.8. The first-order chi connectivity index (χ1) is 11.6. The molecule has 128 valence electrons. The molecule has 24 heavy (non-hydrogen) atoms. The molecule has 0 spiro atoms.